The van der Waals surface area contributed by atoms with E-state index in [0.29, 0.717) is 5.02 Å². The minimum absolute atomic E-state index is 0.164. The first-order valence-electron chi connectivity index (χ1n) is 5.40. The third kappa shape index (κ3) is 5.50. The van der Waals surface area contributed by atoms with Gasteiger partial charge in [-0.3, -0.25) is 9.59 Å². The van der Waals surface area contributed by atoms with Crippen molar-refractivity contribution in [2.45, 2.75) is 6.42 Å². The first-order chi connectivity index (χ1) is 8.61. The molecule has 1 N–H and O–H groups in total. The van der Waals surface area contributed by atoms with Gasteiger partial charge in [0, 0.05) is 17.6 Å². The van der Waals surface area contributed by atoms with Crippen molar-refractivity contribution in [3.05, 3.63) is 40.9 Å². The van der Waals surface area contributed by atoms with E-state index >= 15 is 0 Å². The molecule has 0 spiro atoms. The van der Waals surface area contributed by atoms with E-state index in [0.717, 1.165) is 5.56 Å². The normalized spacial score (nSPS) is 10.3. The summed E-state index contributed by atoms with van der Waals surface area (Å²) in [6, 6.07) is 7.11. The average Bonchev–Trinajstić information content (AvgIpc) is 2.38. The summed E-state index contributed by atoms with van der Waals surface area (Å²) in [7, 11) is 1.31. The van der Waals surface area contributed by atoms with Gasteiger partial charge >= 0.3 is 5.97 Å². The minimum Gasteiger partial charge on any atom is -0.469 e. The number of carbonyl (C=O) groups is 2. The Labute approximate surface area is 111 Å². The molecule has 0 aliphatic carbocycles. The van der Waals surface area contributed by atoms with E-state index in [-0.39, 0.29) is 24.8 Å². The predicted molar refractivity (Wildman–Crippen MR) is 70.1 cm³/mol. The standard InChI is InChI=1S/C13H14ClNO3/c1-18-13(17)8-9-15-12(16)7-4-10-2-5-11(14)6-3-10/h2-7H,8-9H2,1H3,(H,15,16)/b7-4+. The van der Waals surface area contributed by atoms with Gasteiger partial charge in [-0.2, -0.15) is 0 Å². The smallest absolute Gasteiger partial charge is 0.307 e. The van der Waals surface area contributed by atoms with Gasteiger partial charge in [0.2, 0.25) is 5.91 Å². The number of benzene rings is 1. The number of hydrogen-bond donors (Lipinski definition) is 1. The summed E-state index contributed by atoms with van der Waals surface area (Å²) in [5, 5.41) is 3.22. The molecule has 0 aromatic heterocycles. The monoisotopic (exact) mass is 267 g/mol. The second kappa shape index (κ2) is 7.50. The lowest BCUT2D eigenvalue weighted by atomic mass is 10.2. The van der Waals surface area contributed by atoms with Gasteiger partial charge < -0.3 is 10.1 Å². The van der Waals surface area contributed by atoms with Crippen molar-refractivity contribution in [2.75, 3.05) is 13.7 Å². The van der Waals surface area contributed by atoms with Crippen molar-refractivity contribution in [3.63, 3.8) is 0 Å². The topological polar surface area (TPSA) is 55.4 Å². The van der Waals surface area contributed by atoms with Crippen molar-refractivity contribution in [1.29, 1.82) is 0 Å². The van der Waals surface area contributed by atoms with Gasteiger partial charge in [-0.15, -0.1) is 0 Å². The fourth-order valence-corrected chi connectivity index (χ4v) is 1.32. The highest BCUT2D eigenvalue weighted by Crippen LogP contribution is 2.10. The molecule has 0 radical (unpaired) electrons. The summed E-state index contributed by atoms with van der Waals surface area (Å²) in [5.41, 5.74) is 0.877. The second-order valence-electron chi connectivity index (χ2n) is 3.50. The number of amides is 1. The molecule has 0 saturated heterocycles. The Morgan fingerprint density at radius 3 is 2.61 bits per heavy atom. The number of methoxy groups -OCH3 is 1. The summed E-state index contributed by atoms with van der Waals surface area (Å²) >= 11 is 5.74. The van der Waals surface area contributed by atoms with Crippen LogP contribution in [-0.4, -0.2) is 25.5 Å². The van der Waals surface area contributed by atoms with E-state index < -0.39 is 0 Å². The quantitative estimate of drug-likeness (QED) is 0.656. The fourth-order valence-electron chi connectivity index (χ4n) is 1.19. The number of halogens is 1. The molecule has 0 atom stereocenters. The van der Waals surface area contributed by atoms with Gasteiger partial charge in [-0.25, -0.2) is 0 Å². The summed E-state index contributed by atoms with van der Waals surface area (Å²) in [5.74, 6) is -0.606. The molecule has 0 heterocycles. The largest absolute Gasteiger partial charge is 0.469 e. The Kier molecular flexibility index (Phi) is 5.94. The molecule has 96 valence electrons. The molecule has 1 aromatic carbocycles. The van der Waals surface area contributed by atoms with Crippen LogP contribution in [0.4, 0.5) is 0 Å². The average molecular weight is 268 g/mol. The van der Waals surface area contributed by atoms with Crippen LogP contribution in [0, 0.1) is 0 Å². The van der Waals surface area contributed by atoms with Crippen LogP contribution in [0.15, 0.2) is 30.3 Å². The third-order valence-electron chi connectivity index (χ3n) is 2.15. The van der Waals surface area contributed by atoms with Gasteiger partial charge in [0.1, 0.15) is 0 Å². The number of esters is 1. The van der Waals surface area contributed by atoms with Crippen molar-refractivity contribution in [2.24, 2.45) is 0 Å². The van der Waals surface area contributed by atoms with Gasteiger partial charge in [0.05, 0.1) is 13.5 Å². The maximum atomic E-state index is 11.4. The third-order valence-corrected chi connectivity index (χ3v) is 2.41. The SMILES string of the molecule is COC(=O)CCNC(=O)/C=C/c1ccc(Cl)cc1. The molecular weight excluding hydrogens is 254 g/mol. The van der Waals surface area contributed by atoms with Crippen LogP contribution in [0.5, 0.6) is 0 Å². The molecule has 18 heavy (non-hydrogen) atoms. The molecule has 0 fully saturated rings. The Morgan fingerprint density at radius 1 is 1.33 bits per heavy atom. The van der Waals surface area contributed by atoms with Gasteiger partial charge in [0.15, 0.2) is 0 Å². The van der Waals surface area contributed by atoms with Crippen LogP contribution < -0.4 is 5.32 Å². The summed E-state index contributed by atoms with van der Waals surface area (Å²) in [6.07, 6.45) is 3.24. The molecule has 0 unspecified atom stereocenters. The highest BCUT2D eigenvalue weighted by molar-refractivity contribution is 6.30. The van der Waals surface area contributed by atoms with Crippen LogP contribution in [0.2, 0.25) is 5.02 Å². The zero-order valence-corrected chi connectivity index (χ0v) is 10.7. The van der Waals surface area contributed by atoms with Crippen molar-refractivity contribution >= 4 is 29.6 Å². The minimum atomic E-state index is -0.350. The summed E-state index contributed by atoms with van der Waals surface area (Å²) < 4.78 is 4.45. The van der Waals surface area contributed by atoms with Gasteiger partial charge in [-0.1, -0.05) is 23.7 Å². The van der Waals surface area contributed by atoms with E-state index in [1.54, 1.807) is 30.3 Å². The molecule has 1 rings (SSSR count). The number of carbonyl (C=O) groups excluding carboxylic acids is 2. The van der Waals surface area contributed by atoms with Crippen molar-refractivity contribution in [3.8, 4) is 0 Å². The lowest BCUT2D eigenvalue weighted by Crippen LogP contribution is -2.24. The van der Waals surface area contributed by atoms with Crippen molar-refractivity contribution < 1.29 is 14.3 Å². The molecule has 0 bridgehead atoms. The van der Waals surface area contributed by atoms with Crippen LogP contribution >= 0.6 is 11.6 Å². The van der Waals surface area contributed by atoms with Crippen molar-refractivity contribution in [1.82, 2.24) is 5.32 Å². The van der Waals surface area contributed by atoms with E-state index in [9.17, 15) is 9.59 Å². The zero-order chi connectivity index (χ0) is 13.4. The first kappa shape index (κ1) is 14.3. The molecule has 1 amide bonds. The lowest BCUT2D eigenvalue weighted by Gasteiger charge is -2.00. The molecule has 1 aromatic rings. The van der Waals surface area contributed by atoms with Crippen LogP contribution in [0.25, 0.3) is 6.08 Å². The van der Waals surface area contributed by atoms with E-state index in [4.69, 9.17) is 11.6 Å². The number of rotatable bonds is 5. The second-order valence-corrected chi connectivity index (χ2v) is 3.94. The van der Waals surface area contributed by atoms with E-state index in [1.807, 2.05) is 0 Å². The first-order valence-corrected chi connectivity index (χ1v) is 5.78. The summed E-state index contributed by atoms with van der Waals surface area (Å²) in [4.78, 5) is 22.2. The molecule has 0 aliphatic heterocycles. The van der Waals surface area contributed by atoms with Crippen LogP contribution in [0.3, 0.4) is 0 Å². The van der Waals surface area contributed by atoms with Crippen LogP contribution in [0.1, 0.15) is 12.0 Å². The molecule has 4 nitrogen and oxygen atoms in total. The number of hydrogen-bond acceptors (Lipinski definition) is 3. The maximum absolute atomic E-state index is 11.4. The molecule has 0 aliphatic rings. The summed E-state index contributed by atoms with van der Waals surface area (Å²) in [6.45, 7) is 0.260. The lowest BCUT2D eigenvalue weighted by molar-refractivity contribution is -0.140. The zero-order valence-electron chi connectivity index (χ0n) is 9.98. The Bertz CT molecular complexity index is 440. The Balaban J connectivity index is 2.35. The van der Waals surface area contributed by atoms with E-state index in [2.05, 4.69) is 10.1 Å². The number of nitrogens with one attached hydrogen (secondary N) is 1. The van der Waals surface area contributed by atoms with Crippen LogP contribution in [-0.2, 0) is 14.3 Å². The molecular formula is C13H14ClNO3. The molecule has 0 saturated carbocycles. The van der Waals surface area contributed by atoms with Gasteiger partial charge in [-0.05, 0) is 23.8 Å². The predicted octanol–water partition coefficient (Wildman–Crippen LogP) is 2.03. The maximum Gasteiger partial charge on any atom is 0.307 e. The highest BCUT2D eigenvalue weighted by atomic mass is 35.5. The molecule has 5 heteroatoms. The Morgan fingerprint density at radius 2 is 2.00 bits per heavy atom. The Hall–Kier alpha value is -1.81. The highest BCUT2D eigenvalue weighted by Gasteiger charge is 2.00. The van der Waals surface area contributed by atoms with Gasteiger partial charge in [0.25, 0.3) is 0 Å². The van der Waals surface area contributed by atoms with E-state index in [1.165, 1.54) is 13.2 Å². The fraction of sp³-hybridized carbons (Fsp3) is 0.231. The number of ether oxygens (including phenoxy) is 1.